The summed E-state index contributed by atoms with van der Waals surface area (Å²) in [5.74, 6) is -2.06. The van der Waals surface area contributed by atoms with Gasteiger partial charge in [0.05, 0.1) is 19.3 Å². The minimum Gasteiger partial charge on any atom is -0.480 e. The number of fused-ring (bicyclic) bond motifs is 1. The molecule has 13 heteroatoms. The number of amides is 1. The lowest BCUT2D eigenvalue weighted by molar-refractivity contribution is -0.769. The molecule has 0 bridgehead atoms. The van der Waals surface area contributed by atoms with Gasteiger partial charge in [-0.15, -0.1) is 10.1 Å². The maximum absolute atomic E-state index is 13.2. The Kier molecular flexibility index (Phi) is 8.56. The first kappa shape index (κ1) is 26.8. The molecule has 3 aliphatic rings. The largest absolute Gasteiger partial charge is 0.480 e. The summed E-state index contributed by atoms with van der Waals surface area (Å²) in [6.45, 7) is 1.86. The molecule has 13 nitrogen and oxygen atoms in total. The third kappa shape index (κ3) is 6.35. The van der Waals surface area contributed by atoms with Crippen LogP contribution in [0.15, 0.2) is 30.3 Å². The molecule has 0 unspecified atom stereocenters. The molecule has 0 aliphatic carbocycles. The van der Waals surface area contributed by atoms with Crippen molar-refractivity contribution in [2.75, 3.05) is 19.8 Å². The van der Waals surface area contributed by atoms with E-state index in [1.165, 1.54) is 4.90 Å². The zero-order chi connectivity index (χ0) is 26.5. The van der Waals surface area contributed by atoms with Crippen molar-refractivity contribution in [3.05, 3.63) is 46.0 Å². The van der Waals surface area contributed by atoms with Gasteiger partial charge in [-0.1, -0.05) is 30.3 Å². The normalized spacial score (nSPS) is 28.4. The third-order valence-corrected chi connectivity index (χ3v) is 6.94. The van der Waals surface area contributed by atoms with E-state index in [2.05, 4.69) is 10.2 Å². The van der Waals surface area contributed by atoms with Gasteiger partial charge in [-0.2, -0.15) is 0 Å². The number of nitrogens with one attached hydrogen (secondary N) is 1. The average Bonchev–Trinajstić information content (AvgIpc) is 3.60. The molecule has 0 saturated carbocycles. The average molecular weight is 522 g/mol. The molecule has 0 radical (unpaired) electrons. The van der Waals surface area contributed by atoms with Crippen LogP contribution in [0.5, 0.6) is 0 Å². The SMILES string of the molecule is C[C@H](N[C@@H](CCc1ccccc1)C(=O)O)C(=O)N1CCC[C@H]1C(=O)O[C@H]1CO[C@H]2[C@H]1OC[C@H]2O[N+](=O)[O-]. The van der Waals surface area contributed by atoms with E-state index >= 15 is 0 Å². The number of aliphatic carboxylic acids is 1. The molecule has 202 valence electrons. The van der Waals surface area contributed by atoms with Crippen LogP contribution in [-0.4, -0.2) is 95.2 Å². The Balaban J connectivity index is 1.31. The van der Waals surface area contributed by atoms with Crippen molar-refractivity contribution in [2.45, 2.75) is 75.1 Å². The number of carboxylic acid groups (broad SMARTS) is 1. The Morgan fingerprint density at radius 1 is 1.19 bits per heavy atom. The molecule has 7 atom stereocenters. The zero-order valence-electron chi connectivity index (χ0n) is 20.4. The molecule has 1 aromatic carbocycles. The van der Waals surface area contributed by atoms with Gasteiger partial charge in [0.25, 0.3) is 5.09 Å². The van der Waals surface area contributed by atoms with Crippen molar-refractivity contribution in [3.8, 4) is 0 Å². The molecule has 0 spiro atoms. The van der Waals surface area contributed by atoms with Gasteiger partial charge in [0.15, 0.2) is 12.2 Å². The lowest BCUT2D eigenvalue weighted by atomic mass is 10.0. The summed E-state index contributed by atoms with van der Waals surface area (Å²) < 4.78 is 16.7. The Hall–Kier alpha value is -3.29. The third-order valence-electron chi connectivity index (χ3n) is 6.94. The molecule has 1 aromatic rings. The summed E-state index contributed by atoms with van der Waals surface area (Å²) in [6, 6.07) is 6.88. The van der Waals surface area contributed by atoms with Crippen LogP contribution in [0.4, 0.5) is 0 Å². The van der Waals surface area contributed by atoms with Crippen LogP contribution in [0, 0.1) is 10.1 Å². The van der Waals surface area contributed by atoms with Crippen LogP contribution < -0.4 is 5.32 Å². The summed E-state index contributed by atoms with van der Waals surface area (Å²) in [6.07, 6.45) is -1.26. The molecule has 3 fully saturated rings. The predicted octanol–water partition coefficient (Wildman–Crippen LogP) is 0.328. The van der Waals surface area contributed by atoms with Crippen LogP contribution in [0.2, 0.25) is 0 Å². The molecule has 0 aromatic heterocycles. The standard InChI is InChI=1S/C24H31N3O10/c1-14(25-16(23(29)30)10-9-15-6-3-2-4-7-15)22(28)26-11-5-8-17(26)24(31)36-18-12-34-21-19(37-27(32)33)13-35-20(18)21/h2-4,6-7,14,16-21,25H,5,8-13H2,1H3,(H,29,30)/t14-,16-,17-,18-,19+,20-,21+/m0/s1. The molecule has 3 aliphatic heterocycles. The van der Waals surface area contributed by atoms with E-state index in [0.29, 0.717) is 32.2 Å². The second-order valence-electron chi connectivity index (χ2n) is 9.43. The number of aryl methyl sites for hydroxylation is 1. The molecular formula is C24H31N3O10. The predicted molar refractivity (Wildman–Crippen MR) is 125 cm³/mol. The fourth-order valence-corrected chi connectivity index (χ4v) is 5.09. The fourth-order valence-electron chi connectivity index (χ4n) is 5.09. The first-order valence-electron chi connectivity index (χ1n) is 12.3. The number of carbonyl (C=O) groups excluding carboxylic acids is 2. The number of hydrogen-bond donors (Lipinski definition) is 2. The topological polar surface area (TPSA) is 167 Å². The number of esters is 1. The van der Waals surface area contributed by atoms with E-state index in [1.54, 1.807) is 6.92 Å². The maximum Gasteiger partial charge on any atom is 0.329 e. The fraction of sp³-hybridized carbons (Fsp3) is 0.625. The zero-order valence-corrected chi connectivity index (χ0v) is 20.4. The second kappa shape index (κ2) is 11.8. The maximum atomic E-state index is 13.2. The number of likely N-dealkylation sites (tertiary alicyclic amines) is 1. The van der Waals surface area contributed by atoms with Gasteiger partial charge < -0.3 is 29.1 Å². The molecule has 2 N–H and O–H groups in total. The van der Waals surface area contributed by atoms with Crippen molar-refractivity contribution >= 4 is 17.8 Å². The molecule has 3 heterocycles. The highest BCUT2D eigenvalue weighted by Gasteiger charge is 2.52. The van der Waals surface area contributed by atoms with Gasteiger partial charge in [0, 0.05) is 6.54 Å². The smallest absolute Gasteiger partial charge is 0.329 e. The van der Waals surface area contributed by atoms with Crippen molar-refractivity contribution in [2.24, 2.45) is 0 Å². The van der Waals surface area contributed by atoms with Gasteiger partial charge >= 0.3 is 11.9 Å². The lowest BCUT2D eigenvalue weighted by Gasteiger charge is -2.29. The van der Waals surface area contributed by atoms with Crippen molar-refractivity contribution < 1.29 is 43.6 Å². The van der Waals surface area contributed by atoms with Crippen molar-refractivity contribution in [1.82, 2.24) is 10.2 Å². The number of carboxylic acids is 1. The molecule has 37 heavy (non-hydrogen) atoms. The molecular weight excluding hydrogens is 490 g/mol. The Labute approximate surface area is 213 Å². The summed E-state index contributed by atoms with van der Waals surface area (Å²) in [5.41, 5.74) is 0.998. The Morgan fingerprint density at radius 2 is 1.86 bits per heavy atom. The van der Waals surface area contributed by atoms with E-state index in [9.17, 15) is 29.6 Å². The summed E-state index contributed by atoms with van der Waals surface area (Å²) in [4.78, 5) is 54.6. The highest BCUT2D eigenvalue weighted by molar-refractivity contribution is 5.88. The Morgan fingerprint density at radius 3 is 2.54 bits per heavy atom. The van der Waals surface area contributed by atoms with Gasteiger partial charge in [0.2, 0.25) is 5.91 Å². The first-order chi connectivity index (χ1) is 17.7. The van der Waals surface area contributed by atoms with E-state index in [4.69, 9.17) is 14.2 Å². The van der Waals surface area contributed by atoms with E-state index in [0.717, 1.165) is 5.56 Å². The van der Waals surface area contributed by atoms with Crippen LogP contribution in [0.3, 0.4) is 0 Å². The van der Waals surface area contributed by atoms with Gasteiger partial charge in [-0.3, -0.25) is 14.9 Å². The Bertz CT molecular complexity index is 992. The molecule has 1 amide bonds. The second-order valence-corrected chi connectivity index (χ2v) is 9.43. The number of carbonyl (C=O) groups is 3. The van der Waals surface area contributed by atoms with Crippen LogP contribution in [0.1, 0.15) is 31.7 Å². The van der Waals surface area contributed by atoms with E-state index < -0.39 is 59.6 Å². The molecule has 4 rings (SSSR count). The summed E-state index contributed by atoms with van der Waals surface area (Å²) in [5, 5.41) is 22.3. The molecule has 3 saturated heterocycles. The highest BCUT2D eigenvalue weighted by Crippen LogP contribution is 2.31. The van der Waals surface area contributed by atoms with E-state index in [1.807, 2.05) is 30.3 Å². The highest BCUT2D eigenvalue weighted by atomic mass is 17.0. The van der Waals surface area contributed by atoms with E-state index in [-0.39, 0.29) is 19.1 Å². The number of hydrogen-bond acceptors (Lipinski definition) is 10. The van der Waals surface area contributed by atoms with Crippen molar-refractivity contribution in [1.29, 1.82) is 0 Å². The van der Waals surface area contributed by atoms with Gasteiger partial charge in [-0.25, -0.2) is 4.79 Å². The van der Waals surface area contributed by atoms with Crippen LogP contribution in [0.25, 0.3) is 0 Å². The minimum absolute atomic E-state index is 0.00101. The van der Waals surface area contributed by atoms with Crippen LogP contribution >= 0.6 is 0 Å². The van der Waals surface area contributed by atoms with Crippen LogP contribution in [-0.2, 0) is 39.9 Å². The van der Waals surface area contributed by atoms with Gasteiger partial charge in [-0.05, 0) is 38.2 Å². The van der Waals surface area contributed by atoms with Crippen molar-refractivity contribution in [3.63, 3.8) is 0 Å². The van der Waals surface area contributed by atoms with Gasteiger partial charge in [0.1, 0.15) is 24.3 Å². The number of nitrogens with zero attached hydrogens (tertiary/aromatic N) is 2. The summed E-state index contributed by atoms with van der Waals surface area (Å²) in [7, 11) is 0. The monoisotopic (exact) mass is 521 g/mol. The first-order valence-corrected chi connectivity index (χ1v) is 12.3. The number of rotatable bonds is 11. The number of benzene rings is 1. The summed E-state index contributed by atoms with van der Waals surface area (Å²) >= 11 is 0. The minimum atomic E-state index is -1.06. The quantitative estimate of drug-likeness (QED) is 0.234. The lowest BCUT2D eigenvalue weighted by Crippen LogP contribution is -2.53. The number of ether oxygens (including phenoxy) is 3.